The van der Waals surface area contributed by atoms with Crippen LogP contribution in [0.1, 0.15) is 37.0 Å². The number of fused-ring (bicyclic) bond motifs is 1. The Morgan fingerprint density at radius 3 is 2.82 bits per heavy atom. The van der Waals surface area contributed by atoms with E-state index in [4.69, 9.17) is 10.7 Å². The van der Waals surface area contributed by atoms with E-state index in [0.29, 0.717) is 41.3 Å². The number of piperidine rings is 1. The molecular formula is C24H29N7O3. The number of hydrogen-bond donors (Lipinski definition) is 2. The van der Waals surface area contributed by atoms with Crippen LogP contribution in [0.15, 0.2) is 47.4 Å². The molecule has 1 amide bonds. The van der Waals surface area contributed by atoms with Gasteiger partial charge in [0.25, 0.3) is 5.56 Å². The molecule has 3 heterocycles. The van der Waals surface area contributed by atoms with Gasteiger partial charge in [-0.25, -0.2) is 9.67 Å². The third kappa shape index (κ3) is 4.76. The number of imidazole rings is 1. The SMILES string of the molecule is CC=CCn1c(N2CCCC(N)C2)nc2cnn(CC(=O)c3ccccc3NC(C)=O)c(=O)c21. The molecule has 1 aromatic carbocycles. The molecular weight excluding hydrogens is 434 g/mol. The minimum absolute atomic E-state index is 0.0554. The average molecular weight is 464 g/mol. The number of nitrogens with one attached hydrogen (secondary N) is 1. The molecule has 34 heavy (non-hydrogen) atoms. The van der Waals surface area contributed by atoms with Crippen molar-refractivity contribution < 1.29 is 9.59 Å². The normalized spacial score (nSPS) is 16.3. The summed E-state index contributed by atoms with van der Waals surface area (Å²) in [5.41, 5.74) is 7.37. The number of benzene rings is 1. The van der Waals surface area contributed by atoms with Crippen LogP contribution in [-0.2, 0) is 17.9 Å². The molecule has 1 fully saturated rings. The van der Waals surface area contributed by atoms with E-state index in [1.807, 2.05) is 23.6 Å². The number of carbonyl (C=O) groups is 2. The maximum absolute atomic E-state index is 13.5. The van der Waals surface area contributed by atoms with Gasteiger partial charge < -0.3 is 20.5 Å². The number of carbonyl (C=O) groups excluding carboxylic acids is 2. The highest BCUT2D eigenvalue weighted by molar-refractivity contribution is 6.04. The molecule has 2 aromatic heterocycles. The molecule has 1 atom stereocenters. The first-order valence-corrected chi connectivity index (χ1v) is 11.4. The predicted octanol–water partition coefficient (Wildman–Crippen LogP) is 1.94. The van der Waals surface area contributed by atoms with Crippen LogP contribution in [0, 0.1) is 0 Å². The number of allylic oxidation sites excluding steroid dienone is 2. The lowest BCUT2D eigenvalue weighted by atomic mass is 10.1. The van der Waals surface area contributed by atoms with Gasteiger partial charge in [0.1, 0.15) is 17.6 Å². The summed E-state index contributed by atoms with van der Waals surface area (Å²) in [5, 5.41) is 6.87. The number of anilines is 2. The van der Waals surface area contributed by atoms with Crippen LogP contribution in [0.5, 0.6) is 0 Å². The summed E-state index contributed by atoms with van der Waals surface area (Å²) in [5.74, 6) is 0.0667. The fourth-order valence-electron chi connectivity index (χ4n) is 4.25. The van der Waals surface area contributed by atoms with Gasteiger partial charge in [-0.1, -0.05) is 24.3 Å². The molecule has 10 heteroatoms. The number of aromatic nitrogens is 4. The third-order valence-electron chi connectivity index (χ3n) is 5.83. The number of para-hydroxylation sites is 1. The zero-order valence-electron chi connectivity index (χ0n) is 19.4. The maximum atomic E-state index is 13.5. The maximum Gasteiger partial charge on any atom is 0.293 e. The van der Waals surface area contributed by atoms with E-state index >= 15 is 0 Å². The van der Waals surface area contributed by atoms with Gasteiger partial charge >= 0.3 is 0 Å². The highest BCUT2D eigenvalue weighted by atomic mass is 16.2. The van der Waals surface area contributed by atoms with Crippen molar-refractivity contribution in [3.63, 3.8) is 0 Å². The van der Waals surface area contributed by atoms with Crippen LogP contribution < -0.4 is 21.5 Å². The van der Waals surface area contributed by atoms with Crippen molar-refractivity contribution in [2.24, 2.45) is 5.73 Å². The molecule has 0 bridgehead atoms. The molecule has 3 N–H and O–H groups in total. The molecule has 1 aliphatic rings. The minimum Gasteiger partial charge on any atom is -0.341 e. The van der Waals surface area contributed by atoms with Crippen LogP contribution in [-0.4, -0.2) is 50.2 Å². The van der Waals surface area contributed by atoms with Crippen molar-refractivity contribution in [2.45, 2.75) is 45.8 Å². The van der Waals surface area contributed by atoms with Crippen molar-refractivity contribution in [3.05, 3.63) is 58.5 Å². The Kier molecular flexibility index (Phi) is 6.87. The van der Waals surface area contributed by atoms with E-state index in [0.717, 1.165) is 24.1 Å². The summed E-state index contributed by atoms with van der Waals surface area (Å²) < 4.78 is 3.01. The second-order valence-corrected chi connectivity index (χ2v) is 8.43. The van der Waals surface area contributed by atoms with Crippen LogP contribution in [0.2, 0.25) is 0 Å². The van der Waals surface area contributed by atoms with Gasteiger partial charge in [-0.2, -0.15) is 5.10 Å². The first-order valence-electron chi connectivity index (χ1n) is 11.4. The number of nitrogens with two attached hydrogens (primary N) is 1. The van der Waals surface area contributed by atoms with E-state index in [1.165, 1.54) is 13.1 Å². The summed E-state index contributed by atoms with van der Waals surface area (Å²) in [6.07, 6.45) is 7.30. The summed E-state index contributed by atoms with van der Waals surface area (Å²) in [6.45, 7) is 4.98. The zero-order valence-corrected chi connectivity index (χ0v) is 19.4. The molecule has 4 rings (SSSR count). The van der Waals surface area contributed by atoms with Crippen molar-refractivity contribution in [3.8, 4) is 0 Å². The lowest BCUT2D eigenvalue weighted by molar-refractivity contribution is -0.114. The third-order valence-corrected chi connectivity index (χ3v) is 5.83. The minimum atomic E-state index is -0.396. The van der Waals surface area contributed by atoms with Gasteiger partial charge in [-0.05, 0) is 31.9 Å². The Hall–Kier alpha value is -3.79. The average Bonchev–Trinajstić information content (AvgIpc) is 3.18. The number of nitrogens with zero attached hydrogens (tertiary/aromatic N) is 5. The Balaban J connectivity index is 1.73. The molecule has 178 valence electrons. The summed E-state index contributed by atoms with van der Waals surface area (Å²) in [6, 6.07) is 6.76. The van der Waals surface area contributed by atoms with E-state index < -0.39 is 5.56 Å². The second kappa shape index (κ2) is 10.0. The van der Waals surface area contributed by atoms with Crippen molar-refractivity contribution in [2.75, 3.05) is 23.3 Å². The predicted molar refractivity (Wildman–Crippen MR) is 131 cm³/mol. The largest absolute Gasteiger partial charge is 0.341 e. The Morgan fingerprint density at radius 1 is 1.29 bits per heavy atom. The van der Waals surface area contributed by atoms with Crippen LogP contribution >= 0.6 is 0 Å². The van der Waals surface area contributed by atoms with E-state index in [-0.39, 0.29) is 24.3 Å². The van der Waals surface area contributed by atoms with Gasteiger partial charge in [0.15, 0.2) is 5.78 Å². The van der Waals surface area contributed by atoms with Gasteiger partial charge in [0, 0.05) is 38.2 Å². The van der Waals surface area contributed by atoms with Crippen molar-refractivity contribution in [1.29, 1.82) is 0 Å². The van der Waals surface area contributed by atoms with Gasteiger partial charge in [-0.15, -0.1) is 0 Å². The Bertz CT molecular complexity index is 1310. The monoisotopic (exact) mass is 463 g/mol. The highest BCUT2D eigenvalue weighted by Crippen LogP contribution is 2.23. The fraction of sp³-hybridized carbons (Fsp3) is 0.375. The number of rotatable bonds is 7. The molecule has 0 saturated carbocycles. The van der Waals surface area contributed by atoms with E-state index in [9.17, 15) is 14.4 Å². The Morgan fingerprint density at radius 2 is 2.09 bits per heavy atom. The summed E-state index contributed by atoms with van der Waals surface area (Å²) in [7, 11) is 0. The fourth-order valence-corrected chi connectivity index (χ4v) is 4.25. The second-order valence-electron chi connectivity index (χ2n) is 8.43. The number of amides is 1. The van der Waals surface area contributed by atoms with Crippen LogP contribution in [0.4, 0.5) is 11.6 Å². The van der Waals surface area contributed by atoms with E-state index in [2.05, 4.69) is 15.3 Å². The number of Topliss-reactive ketones (excluding diaryl/α,β-unsaturated/α-hetero) is 1. The lowest BCUT2D eigenvalue weighted by Gasteiger charge is -2.31. The molecule has 0 aliphatic carbocycles. The van der Waals surface area contributed by atoms with E-state index in [1.54, 1.807) is 24.3 Å². The van der Waals surface area contributed by atoms with Crippen LogP contribution in [0.3, 0.4) is 0 Å². The topological polar surface area (TPSA) is 128 Å². The number of ketones is 1. The first kappa shape index (κ1) is 23.4. The first-order chi connectivity index (χ1) is 16.4. The molecule has 3 aromatic rings. The summed E-state index contributed by atoms with van der Waals surface area (Å²) >= 11 is 0. The standard InChI is InChI=1S/C24H29N7O3/c1-3-4-12-30-22-20(28-24(30)29-11-7-8-17(25)14-29)13-26-31(23(22)34)15-21(33)18-9-5-6-10-19(18)27-16(2)32/h3-6,9-10,13,17H,7-8,11-12,14-15,25H2,1-2H3,(H,27,32). The quantitative estimate of drug-likeness (QED) is 0.405. The lowest BCUT2D eigenvalue weighted by Crippen LogP contribution is -2.44. The number of hydrogen-bond acceptors (Lipinski definition) is 7. The molecule has 10 nitrogen and oxygen atoms in total. The van der Waals surface area contributed by atoms with Crippen molar-refractivity contribution in [1.82, 2.24) is 19.3 Å². The highest BCUT2D eigenvalue weighted by Gasteiger charge is 2.24. The smallest absolute Gasteiger partial charge is 0.293 e. The molecule has 0 spiro atoms. The zero-order chi connectivity index (χ0) is 24.2. The molecule has 1 aliphatic heterocycles. The molecule has 0 radical (unpaired) electrons. The van der Waals surface area contributed by atoms with Crippen molar-refractivity contribution >= 4 is 34.4 Å². The Labute approximate surface area is 197 Å². The van der Waals surface area contributed by atoms with Crippen LogP contribution in [0.25, 0.3) is 11.0 Å². The van der Waals surface area contributed by atoms with Gasteiger partial charge in [0.05, 0.1) is 11.9 Å². The van der Waals surface area contributed by atoms with Gasteiger partial charge in [0.2, 0.25) is 11.9 Å². The molecule has 1 unspecified atom stereocenters. The summed E-state index contributed by atoms with van der Waals surface area (Å²) in [4.78, 5) is 44.8. The van der Waals surface area contributed by atoms with Gasteiger partial charge in [-0.3, -0.25) is 14.4 Å². The molecule has 1 saturated heterocycles.